The maximum absolute atomic E-state index is 12.1. The summed E-state index contributed by atoms with van der Waals surface area (Å²) < 4.78 is 0. The Hall–Kier alpha value is -1.42. The molecule has 0 aliphatic heterocycles. The molecule has 1 heterocycles. The van der Waals surface area contributed by atoms with Crippen molar-refractivity contribution in [3.8, 4) is 0 Å². The van der Waals surface area contributed by atoms with Crippen molar-refractivity contribution in [3.63, 3.8) is 0 Å². The average Bonchev–Trinajstić information content (AvgIpc) is 2.37. The van der Waals surface area contributed by atoms with Crippen molar-refractivity contribution in [3.05, 3.63) is 29.1 Å². The Labute approximate surface area is 114 Å². The van der Waals surface area contributed by atoms with Gasteiger partial charge in [-0.25, -0.2) is 0 Å². The first kappa shape index (κ1) is 14.0. The number of nitrogens with zero attached hydrogens (tertiary/aromatic N) is 1. The lowest BCUT2D eigenvalue weighted by Crippen LogP contribution is -2.44. The van der Waals surface area contributed by atoms with Gasteiger partial charge in [0.15, 0.2) is 0 Å². The Balaban J connectivity index is 1.97. The number of nitrogens with one attached hydrogen (secondary N) is 1. The molecular formula is C15H22N2O2. The molecule has 19 heavy (non-hydrogen) atoms. The standard InChI is InChI=1S/C15H22N2O2/c1-11-6-7-13(12(2)17-11)14(18)16-10-15(19)8-4-3-5-9-15/h6-7,19H,3-5,8-10H2,1-2H3,(H,16,18). The van der Waals surface area contributed by atoms with Gasteiger partial charge in [0.1, 0.15) is 0 Å². The first-order valence-corrected chi connectivity index (χ1v) is 6.95. The number of amides is 1. The average molecular weight is 262 g/mol. The Morgan fingerprint density at radius 2 is 2.00 bits per heavy atom. The summed E-state index contributed by atoms with van der Waals surface area (Å²) in [5, 5.41) is 13.2. The smallest absolute Gasteiger partial charge is 0.253 e. The molecule has 1 saturated carbocycles. The third-order valence-corrected chi connectivity index (χ3v) is 3.83. The molecule has 1 fully saturated rings. The first-order valence-electron chi connectivity index (χ1n) is 6.95. The lowest BCUT2D eigenvalue weighted by atomic mass is 9.85. The van der Waals surface area contributed by atoms with Gasteiger partial charge < -0.3 is 10.4 Å². The molecule has 0 atom stereocenters. The van der Waals surface area contributed by atoms with Gasteiger partial charge in [0.05, 0.1) is 16.9 Å². The molecule has 1 aromatic heterocycles. The van der Waals surface area contributed by atoms with Crippen molar-refractivity contribution in [1.82, 2.24) is 10.3 Å². The van der Waals surface area contributed by atoms with Gasteiger partial charge in [0.25, 0.3) is 5.91 Å². The third kappa shape index (κ3) is 3.53. The zero-order valence-corrected chi connectivity index (χ0v) is 11.7. The van der Waals surface area contributed by atoms with Crippen molar-refractivity contribution >= 4 is 5.91 Å². The van der Waals surface area contributed by atoms with Crippen LogP contribution < -0.4 is 5.32 Å². The fraction of sp³-hybridized carbons (Fsp3) is 0.600. The van der Waals surface area contributed by atoms with Crippen LogP contribution in [0.5, 0.6) is 0 Å². The first-order chi connectivity index (χ1) is 9.00. The van der Waals surface area contributed by atoms with Crippen LogP contribution in [0.15, 0.2) is 12.1 Å². The van der Waals surface area contributed by atoms with Gasteiger partial charge in [-0.3, -0.25) is 9.78 Å². The predicted molar refractivity (Wildman–Crippen MR) is 74.1 cm³/mol. The molecular weight excluding hydrogens is 240 g/mol. The summed E-state index contributed by atoms with van der Waals surface area (Å²) >= 11 is 0. The number of aryl methyl sites for hydroxylation is 2. The SMILES string of the molecule is Cc1ccc(C(=O)NCC2(O)CCCCC2)c(C)n1. The zero-order chi connectivity index (χ0) is 13.9. The fourth-order valence-electron chi connectivity index (χ4n) is 2.65. The monoisotopic (exact) mass is 262 g/mol. The molecule has 0 spiro atoms. The molecule has 1 aliphatic rings. The molecule has 0 saturated heterocycles. The molecule has 104 valence electrons. The Morgan fingerprint density at radius 3 is 2.63 bits per heavy atom. The third-order valence-electron chi connectivity index (χ3n) is 3.83. The lowest BCUT2D eigenvalue weighted by molar-refractivity contribution is 0.00524. The van der Waals surface area contributed by atoms with E-state index in [0.717, 1.165) is 37.1 Å². The summed E-state index contributed by atoms with van der Waals surface area (Å²) in [5.41, 5.74) is 1.50. The second-order valence-corrected chi connectivity index (χ2v) is 5.55. The van der Waals surface area contributed by atoms with Crippen LogP contribution >= 0.6 is 0 Å². The van der Waals surface area contributed by atoms with E-state index in [-0.39, 0.29) is 5.91 Å². The normalized spacial score (nSPS) is 18.1. The van der Waals surface area contributed by atoms with E-state index in [4.69, 9.17) is 0 Å². The van der Waals surface area contributed by atoms with Crippen LogP contribution in [0.2, 0.25) is 0 Å². The topological polar surface area (TPSA) is 62.2 Å². The number of carbonyl (C=O) groups excluding carboxylic acids is 1. The van der Waals surface area contributed by atoms with Crippen molar-refractivity contribution in [1.29, 1.82) is 0 Å². The summed E-state index contributed by atoms with van der Waals surface area (Å²) in [6, 6.07) is 3.62. The summed E-state index contributed by atoms with van der Waals surface area (Å²) in [4.78, 5) is 16.4. The molecule has 2 N–H and O–H groups in total. The van der Waals surface area contributed by atoms with Gasteiger partial charge in [0.2, 0.25) is 0 Å². The maximum Gasteiger partial charge on any atom is 0.253 e. The minimum atomic E-state index is -0.722. The molecule has 0 aromatic carbocycles. The van der Waals surface area contributed by atoms with Crippen LogP contribution in [-0.4, -0.2) is 28.1 Å². The van der Waals surface area contributed by atoms with Gasteiger partial charge >= 0.3 is 0 Å². The van der Waals surface area contributed by atoms with Gasteiger partial charge in [-0.05, 0) is 38.8 Å². The van der Waals surface area contributed by atoms with E-state index >= 15 is 0 Å². The van der Waals surface area contributed by atoms with E-state index in [1.165, 1.54) is 6.42 Å². The highest BCUT2D eigenvalue weighted by Gasteiger charge is 2.29. The summed E-state index contributed by atoms with van der Waals surface area (Å²) in [5.74, 6) is -0.149. The van der Waals surface area contributed by atoms with E-state index in [9.17, 15) is 9.90 Å². The second-order valence-electron chi connectivity index (χ2n) is 5.55. The second kappa shape index (κ2) is 5.70. The molecule has 0 bridgehead atoms. The largest absolute Gasteiger partial charge is 0.388 e. The number of hydrogen-bond donors (Lipinski definition) is 2. The van der Waals surface area contributed by atoms with Crippen molar-refractivity contribution in [2.24, 2.45) is 0 Å². The zero-order valence-electron chi connectivity index (χ0n) is 11.7. The summed E-state index contributed by atoms with van der Waals surface area (Å²) in [7, 11) is 0. The van der Waals surface area contributed by atoms with Crippen LogP contribution in [0.3, 0.4) is 0 Å². The molecule has 4 heteroatoms. The Bertz CT molecular complexity index is 465. The number of hydrogen-bond acceptors (Lipinski definition) is 3. The maximum atomic E-state index is 12.1. The fourth-order valence-corrected chi connectivity index (χ4v) is 2.65. The minimum absolute atomic E-state index is 0.149. The highest BCUT2D eigenvalue weighted by atomic mass is 16.3. The van der Waals surface area contributed by atoms with E-state index in [1.54, 1.807) is 6.07 Å². The quantitative estimate of drug-likeness (QED) is 0.877. The van der Waals surface area contributed by atoms with E-state index in [1.807, 2.05) is 19.9 Å². The van der Waals surface area contributed by atoms with Crippen molar-refractivity contribution in [2.45, 2.75) is 51.6 Å². The van der Waals surface area contributed by atoms with Gasteiger partial charge in [-0.15, -0.1) is 0 Å². The van der Waals surface area contributed by atoms with E-state index < -0.39 is 5.60 Å². The van der Waals surface area contributed by atoms with Crippen LogP contribution in [0.4, 0.5) is 0 Å². The predicted octanol–water partition coefficient (Wildman–Crippen LogP) is 2.12. The highest BCUT2D eigenvalue weighted by molar-refractivity contribution is 5.95. The van der Waals surface area contributed by atoms with Gasteiger partial charge in [-0.2, -0.15) is 0 Å². The van der Waals surface area contributed by atoms with Crippen LogP contribution in [-0.2, 0) is 0 Å². The van der Waals surface area contributed by atoms with Crippen LogP contribution in [0.1, 0.15) is 53.8 Å². The molecule has 1 amide bonds. The number of rotatable bonds is 3. The van der Waals surface area contributed by atoms with Crippen molar-refractivity contribution in [2.75, 3.05) is 6.54 Å². The molecule has 2 rings (SSSR count). The molecule has 1 aliphatic carbocycles. The lowest BCUT2D eigenvalue weighted by Gasteiger charge is -2.32. The Morgan fingerprint density at radius 1 is 1.32 bits per heavy atom. The molecule has 1 aromatic rings. The van der Waals surface area contributed by atoms with E-state index in [0.29, 0.717) is 12.1 Å². The molecule has 0 radical (unpaired) electrons. The summed E-state index contributed by atoms with van der Waals surface area (Å²) in [6.45, 7) is 4.07. The van der Waals surface area contributed by atoms with Crippen molar-refractivity contribution < 1.29 is 9.90 Å². The number of carbonyl (C=O) groups is 1. The highest BCUT2D eigenvalue weighted by Crippen LogP contribution is 2.27. The minimum Gasteiger partial charge on any atom is -0.388 e. The van der Waals surface area contributed by atoms with Crippen LogP contribution in [0, 0.1) is 13.8 Å². The van der Waals surface area contributed by atoms with Gasteiger partial charge in [0, 0.05) is 12.2 Å². The van der Waals surface area contributed by atoms with Crippen LogP contribution in [0.25, 0.3) is 0 Å². The Kier molecular flexibility index (Phi) is 4.20. The summed E-state index contributed by atoms with van der Waals surface area (Å²) in [6.07, 6.45) is 4.81. The van der Waals surface area contributed by atoms with Gasteiger partial charge in [-0.1, -0.05) is 19.3 Å². The molecule has 0 unspecified atom stereocenters. The number of pyridine rings is 1. The number of aromatic nitrogens is 1. The van der Waals surface area contributed by atoms with E-state index in [2.05, 4.69) is 10.3 Å². The number of aliphatic hydroxyl groups is 1. The molecule has 4 nitrogen and oxygen atoms in total.